The van der Waals surface area contributed by atoms with Crippen molar-refractivity contribution >= 4 is 57.5 Å². The van der Waals surface area contributed by atoms with Crippen LogP contribution in [0.4, 0.5) is 11.6 Å². The number of aromatic nitrogens is 6. The third-order valence-electron chi connectivity index (χ3n) is 10.0. The molecule has 6 aromatic heterocycles. The fourth-order valence-corrected chi connectivity index (χ4v) is 9.17. The van der Waals surface area contributed by atoms with Crippen LogP contribution in [0.3, 0.4) is 0 Å². The van der Waals surface area contributed by atoms with E-state index in [0.29, 0.717) is 40.3 Å². The molecule has 18 heteroatoms. The average Bonchev–Trinajstić information content (AvgIpc) is 3.92. The Morgan fingerprint density at radius 1 is 0.707 bits per heavy atom. The summed E-state index contributed by atoms with van der Waals surface area (Å²) in [6.07, 6.45) is 14.7. The Balaban J connectivity index is 0.000000177. The predicted octanol–water partition coefficient (Wildman–Crippen LogP) is 8.77. The molecule has 2 aliphatic heterocycles. The van der Waals surface area contributed by atoms with Gasteiger partial charge in [0.2, 0.25) is 5.75 Å². The molecule has 0 radical (unpaired) electrons. The van der Waals surface area contributed by atoms with Gasteiger partial charge in [0.1, 0.15) is 29.7 Å². The fraction of sp³-hybridized carbons (Fsp3) is 0.350. The minimum Gasteiger partial charge on any atom is -0.485 e. The van der Waals surface area contributed by atoms with Crippen LogP contribution in [0.5, 0.6) is 11.5 Å². The van der Waals surface area contributed by atoms with E-state index in [1.165, 1.54) is 11.2 Å². The van der Waals surface area contributed by atoms with Crippen molar-refractivity contribution in [1.82, 2.24) is 39.7 Å². The monoisotopic (exact) mass is 860 g/mol. The normalized spacial score (nSPS) is 15.4. The molecule has 2 saturated heterocycles. The van der Waals surface area contributed by atoms with E-state index < -0.39 is 4.92 Å². The van der Waals surface area contributed by atoms with Crippen LogP contribution in [0.2, 0.25) is 10.3 Å². The first-order valence-corrected chi connectivity index (χ1v) is 21.1. The van der Waals surface area contributed by atoms with Crippen molar-refractivity contribution < 1.29 is 14.4 Å². The molecule has 0 amide bonds. The molecular weight excluding hydrogens is 820 g/mol. The molecule has 2 N–H and O–H groups in total. The molecule has 0 unspecified atom stereocenters. The molecule has 0 bridgehead atoms. The summed E-state index contributed by atoms with van der Waals surface area (Å²) >= 11 is 15.2. The van der Waals surface area contributed by atoms with E-state index in [1.54, 1.807) is 65.5 Å². The number of ether oxygens (including phenoxy) is 2. The van der Waals surface area contributed by atoms with Gasteiger partial charge in [-0.25, -0.2) is 24.9 Å². The van der Waals surface area contributed by atoms with Crippen molar-refractivity contribution in [3.8, 4) is 32.4 Å². The molecule has 0 saturated carbocycles. The molecule has 0 atom stereocenters. The topological polar surface area (TPSA) is 171 Å². The number of nitrogen functional groups attached to an aromatic ring is 1. The fourth-order valence-electron chi connectivity index (χ4n) is 6.64. The highest BCUT2D eigenvalue weighted by Crippen LogP contribution is 2.38. The lowest BCUT2D eigenvalue weighted by Gasteiger charge is -2.27. The van der Waals surface area contributed by atoms with Gasteiger partial charge in [-0.05, 0) is 117 Å². The third-order valence-corrected chi connectivity index (χ3v) is 12.8. The minimum atomic E-state index is -0.546. The van der Waals surface area contributed by atoms with Crippen molar-refractivity contribution in [3.63, 3.8) is 0 Å². The molecule has 0 aromatic carbocycles. The summed E-state index contributed by atoms with van der Waals surface area (Å²) in [5, 5.41) is 14.5. The highest BCUT2D eigenvalue weighted by Gasteiger charge is 2.24. The largest absolute Gasteiger partial charge is 0.485 e. The number of anilines is 1. The molecule has 8 rings (SSSR count). The number of nitro groups is 1. The average molecular weight is 862 g/mol. The van der Waals surface area contributed by atoms with Gasteiger partial charge < -0.3 is 35.1 Å². The zero-order valence-corrected chi connectivity index (χ0v) is 35.1. The smallest absolute Gasteiger partial charge is 0.406 e. The molecule has 14 nitrogen and oxygen atoms in total. The molecule has 6 aromatic rings. The van der Waals surface area contributed by atoms with Gasteiger partial charge in [0.25, 0.3) is 0 Å². The molecule has 58 heavy (non-hydrogen) atoms. The van der Waals surface area contributed by atoms with Gasteiger partial charge in [0.15, 0.2) is 11.6 Å². The molecule has 2 aliphatic rings. The zero-order chi connectivity index (χ0) is 40.6. The number of piperidine rings is 2. The maximum Gasteiger partial charge on any atom is 0.406 e. The van der Waals surface area contributed by atoms with E-state index in [0.717, 1.165) is 88.9 Å². The number of rotatable bonds is 11. The second kappa shape index (κ2) is 19.3. The Kier molecular flexibility index (Phi) is 13.7. The highest BCUT2D eigenvalue weighted by molar-refractivity contribution is 7.15. The van der Waals surface area contributed by atoms with Crippen LogP contribution in [0, 0.1) is 10.1 Å². The number of hydrogen-bond acceptors (Lipinski definition) is 15. The van der Waals surface area contributed by atoms with E-state index in [4.69, 9.17) is 38.4 Å². The Hall–Kier alpha value is -4.84. The van der Waals surface area contributed by atoms with Crippen LogP contribution in [0.1, 0.15) is 58.7 Å². The Morgan fingerprint density at radius 3 is 1.66 bits per heavy atom. The van der Waals surface area contributed by atoms with Gasteiger partial charge in [0.05, 0.1) is 19.8 Å². The van der Waals surface area contributed by atoms with Crippen molar-refractivity contribution in [3.05, 3.63) is 115 Å². The van der Waals surface area contributed by atoms with Crippen LogP contribution >= 0.6 is 45.9 Å². The van der Waals surface area contributed by atoms with Gasteiger partial charge in [-0.3, -0.25) is 0 Å². The number of nitrogens with zero attached hydrogens (tertiary/aromatic N) is 9. The van der Waals surface area contributed by atoms with Crippen LogP contribution in [-0.4, -0.2) is 84.9 Å². The minimum absolute atomic E-state index is 0.111. The summed E-state index contributed by atoms with van der Waals surface area (Å²) in [4.78, 5) is 43.0. The van der Waals surface area contributed by atoms with Crippen LogP contribution in [0.15, 0.2) is 73.6 Å². The zero-order valence-electron chi connectivity index (χ0n) is 32.0. The summed E-state index contributed by atoms with van der Waals surface area (Å²) < 4.78 is 11.6. The maximum absolute atomic E-state index is 11.4. The number of likely N-dealkylation sites (tertiary alicyclic amines) is 2. The standard InChI is InChI=1S/C20H20ClN5O3S.C20H22ClN5OS/c1-25-6-3-14(4-7-25)20-24-11-17(30-20)15-9-16(19(23-10-15)26(27)28)29-12-13-2-5-22-18(21)8-13;1-26-6-3-14(4-7-26)20-25-11-17(28-20)15-9-16(19(22)24-10-15)27-12-13-2-5-23-18(21)8-13/h2,5,8-11,14H,3-4,6-7,12H2,1H3;2,5,8-11,14H,3-4,6-7,12H2,1H3,(H2,22,24). The summed E-state index contributed by atoms with van der Waals surface area (Å²) in [5.41, 5.74) is 9.41. The first-order valence-electron chi connectivity index (χ1n) is 18.7. The van der Waals surface area contributed by atoms with Gasteiger partial charge in [-0.2, -0.15) is 0 Å². The lowest BCUT2D eigenvalue weighted by molar-refractivity contribution is -0.390. The van der Waals surface area contributed by atoms with E-state index in [2.05, 4.69) is 53.8 Å². The predicted molar refractivity (Wildman–Crippen MR) is 228 cm³/mol. The number of nitrogens with two attached hydrogens (primary N) is 1. The summed E-state index contributed by atoms with van der Waals surface area (Å²) in [7, 11) is 4.30. The van der Waals surface area contributed by atoms with Crippen molar-refractivity contribution in [2.45, 2.75) is 50.7 Å². The number of halogens is 2. The van der Waals surface area contributed by atoms with E-state index in [9.17, 15) is 10.1 Å². The maximum atomic E-state index is 11.4. The lowest BCUT2D eigenvalue weighted by atomic mass is 9.98. The van der Waals surface area contributed by atoms with Crippen molar-refractivity contribution in [1.29, 1.82) is 0 Å². The van der Waals surface area contributed by atoms with Crippen LogP contribution in [-0.2, 0) is 13.2 Å². The van der Waals surface area contributed by atoms with Crippen LogP contribution < -0.4 is 15.2 Å². The Morgan fingerprint density at radius 2 is 1.17 bits per heavy atom. The Labute approximate surface area is 354 Å². The van der Waals surface area contributed by atoms with Gasteiger partial charge in [-0.1, -0.05) is 23.2 Å². The Bertz CT molecular complexity index is 2330. The SMILES string of the molecule is CN1CCC(c2ncc(-c3cnc(N)c(OCc4ccnc(Cl)c4)c3)s2)CC1.CN1CCC(c2ncc(-c3cnc([N+](=O)[O-])c(OCc4ccnc(Cl)c4)c3)s2)CC1. The molecule has 0 spiro atoms. The van der Waals surface area contributed by atoms with Crippen LogP contribution in [0.25, 0.3) is 20.9 Å². The molecule has 2 fully saturated rings. The number of hydrogen-bond donors (Lipinski definition) is 1. The van der Waals surface area contributed by atoms with E-state index >= 15 is 0 Å². The molecule has 302 valence electrons. The third kappa shape index (κ3) is 10.8. The van der Waals surface area contributed by atoms with Gasteiger partial charge >= 0.3 is 5.82 Å². The first kappa shape index (κ1) is 41.3. The van der Waals surface area contributed by atoms with Crippen molar-refractivity contribution in [2.75, 3.05) is 46.0 Å². The summed E-state index contributed by atoms with van der Waals surface area (Å²) in [6.45, 7) is 4.85. The second-order valence-electron chi connectivity index (χ2n) is 14.2. The van der Waals surface area contributed by atoms with E-state index in [1.807, 2.05) is 24.5 Å². The highest BCUT2D eigenvalue weighted by atomic mass is 35.5. The molecule has 0 aliphatic carbocycles. The van der Waals surface area contributed by atoms with Gasteiger partial charge in [0, 0.05) is 60.0 Å². The van der Waals surface area contributed by atoms with Crippen molar-refractivity contribution in [2.24, 2.45) is 0 Å². The molecular formula is C40H42Cl2N10O4S2. The first-order chi connectivity index (χ1) is 28.1. The number of pyridine rings is 4. The number of thiazole rings is 2. The van der Waals surface area contributed by atoms with Gasteiger partial charge in [-0.15, -0.1) is 22.7 Å². The molecule has 8 heterocycles. The summed E-state index contributed by atoms with van der Waals surface area (Å²) in [6, 6.07) is 10.6. The second-order valence-corrected chi connectivity index (χ2v) is 17.1. The summed E-state index contributed by atoms with van der Waals surface area (Å²) in [5.74, 6) is 1.71. The van der Waals surface area contributed by atoms with E-state index in [-0.39, 0.29) is 18.2 Å². The quantitative estimate of drug-likeness (QED) is 0.0745. The lowest BCUT2D eigenvalue weighted by Crippen LogP contribution is -2.29.